The number of hydrogen-bond acceptors (Lipinski definition) is 6. The fraction of sp³-hybridized carbons (Fsp3) is 0.467. The van der Waals surface area contributed by atoms with E-state index in [1.807, 2.05) is 13.8 Å². The van der Waals surface area contributed by atoms with Crippen LogP contribution in [-0.2, 0) is 19.1 Å². The highest BCUT2D eigenvalue weighted by Gasteiger charge is 2.23. The first-order valence-corrected chi connectivity index (χ1v) is 7.37. The minimum atomic E-state index is -0.784. The van der Waals surface area contributed by atoms with E-state index in [4.69, 9.17) is 16.3 Å². The number of pyridine rings is 1. The van der Waals surface area contributed by atoms with Gasteiger partial charge in [-0.25, -0.2) is 14.6 Å². The summed E-state index contributed by atoms with van der Waals surface area (Å²) in [7, 11) is 1.24. The van der Waals surface area contributed by atoms with Crippen molar-refractivity contribution in [3.05, 3.63) is 29.0 Å². The van der Waals surface area contributed by atoms with E-state index in [2.05, 4.69) is 15.0 Å². The van der Waals surface area contributed by atoms with Crippen LogP contribution >= 0.6 is 11.6 Å². The van der Waals surface area contributed by atoms with Gasteiger partial charge >= 0.3 is 11.9 Å². The van der Waals surface area contributed by atoms with Crippen molar-refractivity contribution >= 4 is 29.4 Å². The van der Waals surface area contributed by atoms with Crippen molar-refractivity contribution in [3.63, 3.8) is 0 Å². The Hall–Kier alpha value is -2.15. The maximum atomic E-state index is 11.8. The third-order valence-corrected chi connectivity index (χ3v) is 3.14. The summed E-state index contributed by atoms with van der Waals surface area (Å²) < 4.78 is 9.50. The van der Waals surface area contributed by atoms with Crippen molar-refractivity contribution in [2.24, 2.45) is 5.92 Å². The molecule has 0 fully saturated rings. The fourth-order valence-electron chi connectivity index (χ4n) is 1.81. The molecule has 1 heterocycles. The number of methoxy groups -OCH3 is 1. The summed E-state index contributed by atoms with van der Waals surface area (Å²) in [6.45, 7) is 3.29. The summed E-state index contributed by atoms with van der Waals surface area (Å²) in [5.41, 5.74) is 0.0636. The summed E-state index contributed by atoms with van der Waals surface area (Å²) in [5.74, 6) is -1.74. The summed E-state index contributed by atoms with van der Waals surface area (Å²) in [5, 5.41) is 2.47. The van der Waals surface area contributed by atoms with Crippen LogP contribution in [0.5, 0.6) is 0 Å². The lowest BCUT2D eigenvalue weighted by Crippen LogP contribution is -2.44. The number of nitrogens with zero attached hydrogens (tertiary/aromatic N) is 1. The maximum absolute atomic E-state index is 11.8. The summed E-state index contributed by atoms with van der Waals surface area (Å²) >= 11 is 5.76. The highest BCUT2D eigenvalue weighted by atomic mass is 35.5. The number of halogens is 1. The molecule has 126 valence electrons. The Morgan fingerprint density at radius 2 is 2.04 bits per heavy atom. The summed E-state index contributed by atoms with van der Waals surface area (Å²) in [6, 6.07) is 2.18. The maximum Gasteiger partial charge on any atom is 0.341 e. The quantitative estimate of drug-likeness (QED) is 0.597. The van der Waals surface area contributed by atoms with Gasteiger partial charge in [0.1, 0.15) is 11.2 Å². The topological polar surface area (TPSA) is 94.6 Å². The fourth-order valence-corrected chi connectivity index (χ4v) is 2.01. The second-order valence-electron chi connectivity index (χ2n) is 5.19. The van der Waals surface area contributed by atoms with Gasteiger partial charge in [-0.1, -0.05) is 25.4 Å². The van der Waals surface area contributed by atoms with Gasteiger partial charge in [-0.3, -0.25) is 4.79 Å². The van der Waals surface area contributed by atoms with E-state index in [0.717, 1.165) is 0 Å². The number of nitrogens with one attached hydrogen (secondary N) is 1. The third-order valence-electron chi connectivity index (χ3n) is 2.84. The molecule has 1 rings (SSSR count). The van der Waals surface area contributed by atoms with Gasteiger partial charge in [-0.05, 0) is 24.5 Å². The van der Waals surface area contributed by atoms with Crippen LogP contribution in [0.4, 0.5) is 0 Å². The molecule has 0 aliphatic heterocycles. The summed E-state index contributed by atoms with van der Waals surface area (Å²) in [6.07, 6.45) is 1.85. The lowest BCUT2D eigenvalue weighted by Gasteiger charge is -2.18. The Morgan fingerprint density at radius 1 is 1.35 bits per heavy atom. The number of esters is 2. The Morgan fingerprint density at radius 3 is 2.61 bits per heavy atom. The number of aromatic nitrogens is 1. The van der Waals surface area contributed by atoms with Crippen LogP contribution < -0.4 is 5.32 Å². The molecule has 1 aromatic rings. The number of ether oxygens (including phenoxy) is 2. The average molecular weight is 343 g/mol. The van der Waals surface area contributed by atoms with E-state index >= 15 is 0 Å². The molecular weight excluding hydrogens is 324 g/mol. The predicted molar refractivity (Wildman–Crippen MR) is 82.9 cm³/mol. The molecule has 7 nitrogen and oxygen atoms in total. The molecule has 0 aliphatic carbocycles. The molecule has 0 saturated carbocycles. The highest BCUT2D eigenvalue weighted by molar-refractivity contribution is 6.32. The zero-order valence-corrected chi connectivity index (χ0v) is 13.9. The predicted octanol–water partition coefficient (Wildman–Crippen LogP) is 1.60. The molecule has 23 heavy (non-hydrogen) atoms. The second kappa shape index (κ2) is 9.09. The van der Waals surface area contributed by atoms with Crippen LogP contribution in [0, 0.1) is 5.92 Å². The van der Waals surface area contributed by atoms with Crippen molar-refractivity contribution in [3.8, 4) is 0 Å². The third kappa shape index (κ3) is 6.23. The minimum absolute atomic E-state index is 0.00912. The van der Waals surface area contributed by atoms with Crippen molar-refractivity contribution < 1.29 is 23.9 Å². The Labute approximate surface area is 139 Å². The van der Waals surface area contributed by atoms with Crippen LogP contribution in [0.2, 0.25) is 5.15 Å². The lowest BCUT2D eigenvalue weighted by atomic mass is 10.0. The standard InChI is InChI=1S/C15H19ClN2O5/c1-9(2)7-11(15(21)22-3)18-12(19)8-23-14(20)10-5-4-6-17-13(10)16/h4-6,9,11H,7-8H2,1-3H3,(H,18,19). The Balaban J connectivity index is 2.56. The molecule has 0 radical (unpaired) electrons. The largest absolute Gasteiger partial charge is 0.467 e. The highest BCUT2D eigenvalue weighted by Crippen LogP contribution is 2.12. The van der Waals surface area contributed by atoms with Crippen LogP contribution in [0.1, 0.15) is 30.6 Å². The molecule has 8 heteroatoms. The molecule has 1 amide bonds. The smallest absolute Gasteiger partial charge is 0.341 e. The van der Waals surface area contributed by atoms with Gasteiger partial charge in [0.15, 0.2) is 6.61 Å². The van der Waals surface area contributed by atoms with E-state index in [9.17, 15) is 14.4 Å². The van der Waals surface area contributed by atoms with E-state index in [1.54, 1.807) is 0 Å². The molecule has 1 atom stereocenters. The Bertz CT molecular complexity index is 577. The normalized spacial score (nSPS) is 11.7. The number of hydrogen-bond donors (Lipinski definition) is 1. The number of rotatable bonds is 7. The van der Waals surface area contributed by atoms with Crippen LogP contribution in [0.25, 0.3) is 0 Å². The van der Waals surface area contributed by atoms with Crippen molar-refractivity contribution in [2.45, 2.75) is 26.3 Å². The lowest BCUT2D eigenvalue weighted by molar-refractivity contribution is -0.145. The number of carbonyl (C=O) groups excluding carboxylic acids is 3. The first kappa shape index (κ1) is 18.9. The first-order valence-electron chi connectivity index (χ1n) is 7.00. The van der Waals surface area contributed by atoms with Gasteiger partial charge in [-0.2, -0.15) is 0 Å². The van der Waals surface area contributed by atoms with Crippen LogP contribution in [0.15, 0.2) is 18.3 Å². The first-order chi connectivity index (χ1) is 10.8. The van der Waals surface area contributed by atoms with E-state index < -0.39 is 30.5 Å². The van der Waals surface area contributed by atoms with Gasteiger partial charge in [0, 0.05) is 6.20 Å². The second-order valence-corrected chi connectivity index (χ2v) is 5.55. The van der Waals surface area contributed by atoms with Gasteiger partial charge in [0.2, 0.25) is 0 Å². The zero-order chi connectivity index (χ0) is 17.4. The Kier molecular flexibility index (Phi) is 7.47. The number of amides is 1. The molecule has 0 bridgehead atoms. The van der Waals surface area contributed by atoms with Crippen molar-refractivity contribution in [2.75, 3.05) is 13.7 Å². The van der Waals surface area contributed by atoms with Gasteiger partial charge < -0.3 is 14.8 Å². The van der Waals surface area contributed by atoms with Crippen LogP contribution in [0.3, 0.4) is 0 Å². The molecule has 0 spiro atoms. The SMILES string of the molecule is COC(=O)C(CC(C)C)NC(=O)COC(=O)c1cccnc1Cl. The van der Waals surface area contributed by atoms with Crippen molar-refractivity contribution in [1.29, 1.82) is 0 Å². The molecule has 1 N–H and O–H groups in total. The molecule has 0 aliphatic rings. The van der Waals surface area contributed by atoms with Gasteiger partial charge in [0.05, 0.1) is 12.7 Å². The molecule has 0 saturated heterocycles. The van der Waals surface area contributed by atoms with Crippen LogP contribution in [-0.4, -0.2) is 42.6 Å². The zero-order valence-electron chi connectivity index (χ0n) is 13.2. The molecular formula is C15H19ClN2O5. The molecule has 1 aromatic heterocycles. The van der Waals surface area contributed by atoms with Gasteiger partial charge in [-0.15, -0.1) is 0 Å². The monoisotopic (exact) mass is 342 g/mol. The van der Waals surface area contributed by atoms with E-state index in [1.165, 1.54) is 25.4 Å². The van der Waals surface area contributed by atoms with E-state index in [0.29, 0.717) is 6.42 Å². The summed E-state index contributed by atoms with van der Waals surface area (Å²) in [4.78, 5) is 39.0. The average Bonchev–Trinajstić information content (AvgIpc) is 2.51. The van der Waals surface area contributed by atoms with Gasteiger partial charge in [0.25, 0.3) is 5.91 Å². The minimum Gasteiger partial charge on any atom is -0.467 e. The van der Waals surface area contributed by atoms with E-state index in [-0.39, 0.29) is 16.6 Å². The molecule has 1 unspecified atom stereocenters. The molecule has 0 aromatic carbocycles. The number of carbonyl (C=O) groups is 3. The van der Waals surface area contributed by atoms with Crippen molar-refractivity contribution in [1.82, 2.24) is 10.3 Å².